The first-order valence-corrected chi connectivity index (χ1v) is 8.92. The molecule has 1 atom stereocenters. The molecule has 0 fully saturated rings. The minimum Gasteiger partial charge on any atom is -0.395 e. The fourth-order valence-electron chi connectivity index (χ4n) is 2.73. The Morgan fingerprint density at radius 3 is 2.71 bits per heavy atom. The van der Waals surface area contributed by atoms with Crippen molar-refractivity contribution in [3.63, 3.8) is 0 Å². The van der Waals surface area contributed by atoms with Gasteiger partial charge >= 0.3 is 0 Å². The first kappa shape index (κ1) is 19.8. The zero-order valence-corrected chi connectivity index (χ0v) is 15.5. The van der Waals surface area contributed by atoms with Gasteiger partial charge in [0.2, 0.25) is 5.91 Å². The van der Waals surface area contributed by atoms with Gasteiger partial charge in [0.1, 0.15) is 22.7 Å². The van der Waals surface area contributed by atoms with E-state index in [4.69, 9.17) is 16.7 Å². The Morgan fingerprint density at radius 1 is 1.25 bits per heavy atom. The fraction of sp³-hybridized carbons (Fsp3) is 0.211. The van der Waals surface area contributed by atoms with E-state index in [1.54, 1.807) is 24.3 Å². The average molecular weight is 405 g/mol. The lowest BCUT2D eigenvalue weighted by molar-refractivity contribution is -0.123. The smallest absolute Gasteiger partial charge is 0.268 e. The molecule has 146 valence electrons. The first-order chi connectivity index (χ1) is 13.5. The number of aromatic nitrogens is 2. The van der Waals surface area contributed by atoms with Crippen molar-refractivity contribution in [2.45, 2.75) is 12.5 Å². The van der Waals surface area contributed by atoms with Crippen LogP contribution in [0.15, 0.2) is 42.6 Å². The van der Waals surface area contributed by atoms with E-state index in [1.165, 1.54) is 18.3 Å². The molecule has 9 heteroatoms. The lowest BCUT2D eigenvalue weighted by Gasteiger charge is -2.18. The number of benzene rings is 1. The third kappa shape index (κ3) is 4.85. The van der Waals surface area contributed by atoms with Crippen LogP contribution >= 0.6 is 11.6 Å². The van der Waals surface area contributed by atoms with Gasteiger partial charge in [0.15, 0.2) is 0 Å². The van der Waals surface area contributed by atoms with Crippen LogP contribution in [0.25, 0.3) is 10.9 Å². The number of nitrogens with one attached hydrogen (secondary N) is 3. The summed E-state index contributed by atoms with van der Waals surface area (Å²) in [5.41, 5.74) is 1.56. The molecule has 2 heterocycles. The van der Waals surface area contributed by atoms with E-state index in [-0.39, 0.29) is 31.1 Å². The maximum Gasteiger partial charge on any atom is 0.268 e. The van der Waals surface area contributed by atoms with Crippen LogP contribution in [0.3, 0.4) is 0 Å². The molecule has 0 aliphatic heterocycles. The third-order valence-electron chi connectivity index (χ3n) is 4.10. The van der Waals surface area contributed by atoms with Crippen LogP contribution in [0.2, 0.25) is 5.15 Å². The zero-order chi connectivity index (χ0) is 20.1. The van der Waals surface area contributed by atoms with Gasteiger partial charge in [0.25, 0.3) is 5.91 Å². The highest BCUT2D eigenvalue weighted by atomic mass is 35.5. The van der Waals surface area contributed by atoms with Gasteiger partial charge in [-0.3, -0.25) is 9.59 Å². The monoisotopic (exact) mass is 404 g/mol. The number of carbonyl (C=O) groups excluding carboxylic acids is 2. The number of H-pyrrole nitrogens is 1. The Labute approximate surface area is 164 Å². The molecule has 2 amide bonds. The normalized spacial score (nSPS) is 12.0. The standard InChI is InChI=1S/C19H18ClFN4O3/c20-17-9-12-8-15(24-16(12)10-23-17)19(28)25-14(18(27)22-5-6-26)7-11-1-3-13(21)4-2-11/h1-4,8-10,14,24,26H,5-7H2,(H,22,27)(H,25,28)/t14-/m0/s1. The minimum absolute atomic E-state index is 0.0607. The second kappa shape index (κ2) is 8.81. The number of rotatable bonds is 7. The van der Waals surface area contributed by atoms with Crippen LogP contribution in [0.1, 0.15) is 16.1 Å². The van der Waals surface area contributed by atoms with Crippen LogP contribution in [0, 0.1) is 5.82 Å². The summed E-state index contributed by atoms with van der Waals surface area (Å²) in [6, 6.07) is 7.99. The number of aliphatic hydroxyl groups excluding tert-OH is 1. The summed E-state index contributed by atoms with van der Waals surface area (Å²) in [7, 11) is 0. The van der Waals surface area contributed by atoms with Gasteiger partial charge < -0.3 is 20.7 Å². The van der Waals surface area contributed by atoms with Gasteiger partial charge in [-0.1, -0.05) is 23.7 Å². The minimum atomic E-state index is -0.905. The van der Waals surface area contributed by atoms with Crippen molar-refractivity contribution in [1.29, 1.82) is 0 Å². The van der Waals surface area contributed by atoms with Crippen molar-refractivity contribution < 1.29 is 19.1 Å². The maximum absolute atomic E-state index is 13.1. The van der Waals surface area contributed by atoms with E-state index >= 15 is 0 Å². The van der Waals surface area contributed by atoms with E-state index in [0.29, 0.717) is 21.6 Å². The lowest BCUT2D eigenvalue weighted by atomic mass is 10.0. The van der Waals surface area contributed by atoms with Crippen molar-refractivity contribution in [2.24, 2.45) is 0 Å². The Morgan fingerprint density at radius 2 is 2.00 bits per heavy atom. The highest BCUT2D eigenvalue weighted by molar-refractivity contribution is 6.30. The van der Waals surface area contributed by atoms with Gasteiger partial charge in [-0.05, 0) is 29.8 Å². The summed E-state index contributed by atoms with van der Waals surface area (Å²) < 4.78 is 13.1. The molecule has 7 nitrogen and oxygen atoms in total. The average Bonchev–Trinajstić information content (AvgIpc) is 3.10. The van der Waals surface area contributed by atoms with Crippen LogP contribution < -0.4 is 10.6 Å². The number of aromatic amines is 1. The second-order valence-corrected chi connectivity index (χ2v) is 6.54. The molecule has 2 aromatic heterocycles. The topological polar surface area (TPSA) is 107 Å². The van der Waals surface area contributed by atoms with Gasteiger partial charge in [-0.15, -0.1) is 0 Å². The highest BCUT2D eigenvalue weighted by Crippen LogP contribution is 2.18. The van der Waals surface area contributed by atoms with E-state index in [1.807, 2.05) is 0 Å². The molecule has 3 rings (SSSR count). The molecule has 0 aliphatic rings. The van der Waals surface area contributed by atoms with Gasteiger partial charge in [-0.2, -0.15) is 0 Å². The number of pyridine rings is 1. The molecule has 28 heavy (non-hydrogen) atoms. The summed E-state index contributed by atoms with van der Waals surface area (Å²) in [6.45, 7) is -0.163. The predicted octanol–water partition coefficient (Wildman–Crippen LogP) is 1.80. The Bertz CT molecular complexity index is 991. The summed E-state index contributed by atoms with van der Waals surface area (Å²) in [5, 5.41) is 15.1. The van der Waals surface area contributed by atoms with Gasteiger partial charge in [0.05, 0.1) is 18.3 Å². The Balaban J connectivity index is 1.78. The van der Waals surface area contributed by atoms with Crippen LogP contribution in [0.4, 0.5) is 4.39 Å². The number of hydrogen-bond donors (Lipinski definition) is 4. The molecule has 1 aromatic carbocycles. The summed E-state index contributed by atoms with van der Waals surface area (Å²) in [4.78, 5) is 31.9. The molecule has 0 saturated carbocycles. The number of aliphatic hydroxyl groups is 1. The number of halogens is 2. The molecular formula is C19H18ClFN4O3. The van der Waals surface area contributed by atoms with Crippen molar-refractivity contribution in [2.75, 3.05) is 13.2 Å². The highest BCUT2D eigenvalue weighted by Gasteiger charge is 2.22. The summed E-state index contributed by atoms with van der Waals surface area (Å²) in [5.74, 6) is -1.33. The molecule has 0 spiro atoms. The van der Waals surface area contributed by atoms with Crippen molar-refractivity contribution >= 4 is 34.3 Å². The number of hydrogen-bond acceptors (Lipinski definition) is 4. The Kier molecular flexibility index (Phi) is 6.23. The first-order valence-electron chi connectivity index (χ1n) is 8.54. The Hall–Kier alpha value is -2.97. The maximum atomic E-state index is 13.1. The second-order valence-electron chi connectivity index (χ2n) is 6.15. The molecule has 0 radical (unpaired) electrons. The SMILES string of the molecule is O=C(N[C@@H](Cc1ccc(F)cc1)C(=O)NCCO)c1cc2cc(Cl)ncc2[nH]1. The quantitative estimate of drug-likeness (QED) is 0.450. The lowest BCUT2D eigenvalue weighted by Crippen LogP contribution is -2.48. The van der Waals surface area contributed by atoms with Crippen molar-refractivity contribution in [3.05, 3.63) is 64.8 Å². The molecule has 3 aromatic rings. The van der Waals surface area contributed by atoms with Gasteiger partial charge in [-0.25, -0.2) is 9.37 Å². The van der Waals surface area contributed by atoms with Crippen LogP contribution in [-0.2, 0) is 11.2 Å². The molecule has 0 unspecified atom stereocenters. The van der Waals surface area contributed by atoms with Crippen LogP contribution in [0.5, 0.6) is 0 Å². The van der Waals surface area contributed by atoms with Crippen LogP contribution in [-0.4, -0.2) is 46.1 Å². The molecule has 4 N–H and O–H groups in total. The molecule has 0 aliphatic carbocycles. The van der Waals surface area contributed by atoms with Crippen molar-refractivity contribution in [3.8, 4) is 0 Å². The summed E-state index contributed by atoms with van der Waals surface area (Å²) >= 11 is 5.86. The van der Waals surface area contributed by atoms with Crippen molar-refractivity contribution in [1.82, 2.24) is 20.6 Å². The number of nitrogens with zero attached hydrogens (tertiary/aromatic N) is 1. The molecule has 0 saturated heterocycles. The molecule has 0 bridgehead atoms. The fourth-order valence-corrected chi connectivity index (χ4v) is 2.90. The zero-order valence-electron chi connectivity index (χ0n) is 14.7. The largest absolute Gasteiger partial charge is 0.395 e. The van der Waals surface area contributed by atoms with E-state index in [9.17, 15) is 14.0 Å². The van der Waals surface area contributed by atoms with E-state index in [2.05, 4.69) is 20.6 Å². The summed E-state index contributed by atoms with van der Waals surface area (Å²) in [6.07, 6.45) is 1.68. The number of carbonyl (C=O) groups is 2. The van der Waals surface area contributed by atoms with E-state index < -0.39 is 17.9 Å². The predicted molar refractivity (Wildman–Crippen MR) is 103 cm³/mol. The number of fused-ring (bicyclic) bond motifs is 1. The molecular weight excluding hydrogens is 387 g/mol. The third-order valence-corrected chi connectivity index (χ3v) is 4.31. The van der Waals surface area contributed by atoms with Gasteiger partial charge in [0, 0.05) is 18.4 Å². The van der Waals surface area contributed by atoms with E-state index in [0.717, 1.165) is 0 Å². The number of amides is 2.